The Balaban J connectivity index is 1.56. The molecule has 0 unspecified atom stereocenters. The average molecular weight is 579 g/mol. The lowest BCUT2D eigenvalue weighted by molar-refractivity contribution is 0.0690. The number of anilines is 1. The number of nitrogens with zero attached hydrogens (tertiary/aromatic N) is 1. The number of benzene rings is 2. The molecule has 0 saturated heterocycles. The molecule has 0 fully saturated rings. The molecule has 8 heteroatoms. The van der Waals surface area contributed by atoms with Gasteiger partial charge in [0.1, 0.15) is 6.61 Å². The maximum Gasteiger partial charge on any atom is 0.256 e. The smallest absolute Gasteiger partial charge is 0.256 e. The predicted octanol–water partition coefficient (Wildman–Crippen LogP) is 7.63. The minimum atomic E-state index is -1.91. The van der Waals surface area contributed by atoms with E-state index in [1.807, 2.05) is 35.2 Å². The number of nitrogen functional groups attached to an aromatic ring is 1. The summed E-state index contributed by atoms with van der Waals surface area (Å²) in [5, 5.41) is 2.22. The first kappa shape index (κ1) is 29.9. The molecule has 0 bridgehead atoms. The molecule has 214 valence electrons. The van der Waals surface area contributed by atoms with Crippen LogP contribution >= 0.6 is 11.3 Å². The SMILES string of the molecule is COc1cc(C(=O)N2CCC(c3cccs3)=C[C@H]2CCO[Si](C)(C)C(C)(C)C)c(N)cc1OCc1ccccc1. The maximum absolute atomic E-state index is 14.0. The number of methoxy groups -OCH3 is 1. The third kappa shape index (κ3) is 6.97. The normalized spacial score (nSPS) is 16.0. The number of rotatable bonds is 10. The van der Waals surface area contributed by atoms with Gasteiger partial charge in [-0.1, -0.05) is 63.2 Å². The van der Waals surface area contributed by atoms with Crippen LogP contribution in [0, 0.1) is 0 Å². The number of amides is 1. The van der Waals surface area contributed by atoms with Crippen LogP contribution in [0.3, 0.4) is 0 Å². The van der Waals surface area contributed by atoms with Gasteiger partial charge in [0, 0.05) is 29.8 Å². The van der Waals surface area contributed by atoms with Crippen molar-refractivity contribution in [2.24, 2.45) is 0 Å². The first-order chi connectivity index (χ1) is 19.0. The standard InChI is InChI=1S/C32H42N2O4SSi/c1-32(2,3)40(5,6)38-17-15-25-19-24(30-13-10-18-39-30)14-16-34(25)31(35)26-20-28(36-4)29(21-27(26)33)37-22-23-11-8-7-9-12-23/h7-13,18-21,25H,14-17,22,33H2,1-6H3/t25-/m1/s1. The molecule has 3 aromatic rings. The van der Waals surface area contributed by atoms with Crippen LogP contribution < -0.4 is 15.2 Å². The van der Waals surface area contributed by atoms with Gasteiger partial charge in [0.05, 0.1) is 18.7 Å². The molecule has 2 aromatic carbocycles. The lowest BCUT2D eigenvalue weighted by Crippen LogP contribution is -2.45. The quantitative estimate of drug-likeness (QED) is 0.198. The molecular formula is C32H42N2O4SSi. The van der Waals surface area contributed by atoms with Crippen molar-refractivity contribution >= 4 is 36.8 Å². The number of nitrogens with two attached hydrogens (primary N) is 1. The van der Waals surface area contributed by atoms with Crippen molar-refractivity contribution < 1.29 is 18.7 Å². The Bertz CT molecular complexity index is 1320. The average Bonchev–Trinajstić information content (AvgIpc) is 3.47. The van der Waals surface area contributed by atoms with Crippen LogP contribution in [-0.4, -0.2) is 45.4 Å². The summed E-state index contributed by atoms with van der Waals surface area (Å²) in [6.45, 7) is 12.8. The summed E-state index contributed by atoms with van der Waals surface area (Å²) in [4.78, 5) is 17.2. The fraction of sp³-hybridized carbons (Fsp3) is 0.406. The van der Waals surface area contributed by atoms with Crippen LogP contribution in [-0.2, 0) is 11.0 Å². The Labute approximate surface area is 243 Å². The van der Waals surface area contributed by atoms with E-state index in [9.17, 15) is 4.79 Å². The number of thiophene rings is 1. The molecule has 0 aliphatic carbocycles. The maximum atomic E-state index is 14.0. The van der Waals surface area contributed by atoms with E-state index >= 15 is 0 Å². The zero-order valence-electron chi connectivity index (χ0n) is 24.5. The molecule has 1 aliphatic heterocycles. The first-order valence-electron chi connectivity index (χ1n) is 13.8. The van der Waals surface area contributed by atoms with E-state index in [1.54, 1.807) is 30.6 Å². The minimum Gasteiger partial charge on any atom is -0.493 e. The largest absolute Gasteiger partial charge is 0.493 e. The number of carbonyl (C=O) groups is 1. The van der Waals surface area contributed by atoms with Crippen LogP contribution in [0.2, 0.25) is 18.1 Å². The molecule has 0 saturated carbocycles. The second kappa shape index (κ2) is 12.6. The highest BCUT2D eigenvalue weighted by Crippen LogP contribution is 2.38. The molecule has 6 nitrogen and oxygen atoms in total. The molecule has 2 N–H and O–H groups in total. The van der Waals surface area contributed by atoms with Gasteiger partial charge in [-0.25, -0.2) is 0 Å². The molecule has 40 heavy (non-hydrogen) atoms. The summed E-state index contributed by atoms with van der Waals surface area (Å²) in [7, 11) is -0.329. The van der Waals surface area contributed by atoms with Crippen molar-refractivity contribution in [3.63, 3.8) is 0 Å². The molecule has 2 heterocycles. The van der Waals surface area contributed by atoms with Crippen molar-refractivity contribution in [1.82, 2.24) is 4.90 Å². The molecule has 1 amide bonds. The monoisotopic (exact) mass is 578 g/mol. The Morgan fingerprint density at radius 3 is 2.50 bits per heavy atom. The summed E-state index contributed by atoms with van der Waals surface area (Å²) < 4.78 is 18.1. The van der Waals surface area contributed by atoms with Crippen molar-refractivity contribution in [2.45, 2.75) is 64.4 Å². The Hall–Kier alpha value is -3.07. The number of hydrogen-bond donors (Lipinski definition) is 1. The van der Waals surface area contributed by atoms with E-state index in [-0.39, 0.29) is 17.0 Å². The molecule has 0 spiro atoms. The fourth-order valence-electron chi connectivity index (χ4n) is 4.54. The van der Waals surface area contributed by atoms with E-state index in [1.165, 1.54) is 10.5 Å². The molecule has 1 aromatic heterocycles. The van der Waals surface area contributed by atoms with Gasteiger partial charge in [0.2, 0.25) is 0 Å². The number of hydrogen-bond acceptors (Lipinski definition) is 6. The lowest BCUT2D eigenvalue weighted by Gasteiger charge is -2.38. The molecule has 4 rings (SSSR count). The van der Waals surface area contributed by atoms with Gasteiger partial charge in [0.15, 0.2) is 19.8 Å². The Morgan fingerprint density at radius 2 is 1.85 bits per heavy atom. The van der Waals surface area contributed by atoms with Crippen molar-refractivity contribution in [3.05, 3.63) is 82.1 Å². The second-order valence-corrected chi connectivity index (χ2v) is 17.5. The Morgan fingerprint density at radius 1 is 1.10 bits per heavy atom. The highest BCUT2D eigenvalue weighted by atomic mass is 32.1. The summed E-state index contributed by atoms with van der Waals surface area (Å²) in [5.74, 6) is 0.889. The van der Waals surface area contributed by atoms with Crippen LogP contribution in [0.25, 0.3) is 5.57 Å². The minimum absolute atomic E-state index is 0.0949. The van der Waals surface area contributed by atoms with Gasteiger partial charge >= 0.3 is 0 Å². The molecule has 1 aliphatic rings. The topological polar surface area (TPSA) is 74.0 Å². The second-order valence-electron chi connectivity index (χ2n) is 11.7. The van der Waals surface area contributed by atoms with Gasteiger partial charge in [-0.05, 0) is 59.6 Å². The fourth-order valence-corrected chi connectivity index (χ4v) is 6.39. The van der Waals surface area contributed by atoms with Gasteiger partial charge in [-0.2, -0.15) is 0 Å². The third-order valence-electron chi connectivity index (χ3n) is 8.00. The highest BCUT2D eigenvalue weighted by molar-refractivity contribution is 7.11. The zero-order valence-corrected chi connectivity index (χ0v) is 26.3. The van der Waals surface area contributed by atoms with Crippen LogP contribution in [0.15, 0.2) is 66.1 Å². The lowest BCUT2D eigenvalue weighted by atomic mass is 9.97. The summed E-state index contributed by atoms with van der Waals surface area (Å²) in [5.41, 5.74) is 9.58. The first-order valence-corrected chi connectivity index (χ1v) is 17.6. The number of ether oxygens (including phenoxy) is 2. The molecule has 0 radical (unpaired) electrons. The van der Waals surface area contributed by atoms with E-state index < -0.39 is 8.32 Å². The van der Waals surface area contributed by atoms with Gasteiger partial charge < -0.3 is 24.5 Å². The predicted molar refractivity (Wildman–Crippen MR) is 168 cm³/mol. The van der Waals surface area contributed by atoms with Crippen molar-refractivity contribution in [1.29, 1.82) is 0 Å². The van der Waals surface area contributed by atoms with Crippen LogP contribution in [0.4, 0.5) is 5.69 Å². The Kier molecular flexibility index (Phi) is 9.43. The van der Waals surface area contributed by atoms with E-state index in [4.69, 9.17) is 19.6 Å². The summed E-state index contributed by atoms with van der Waals surface area (Å²) in [6.07, 6.45) is 3.76. The van der Waals surface area contributed by atoms with E-state index in [0.29, 0.717) is 42.5 Å². The highest BCUT2D eigenvalue weighted by Gasteiger charge is 2.37. The van der Waals surface area contributed by atoms with Crippen molar-refractivity contribution in [3.8, 4) is 11.5 Å². The summed E-state index contributed by atoms with van der Waals surface area (Å²) >= 11 is 1.73. The van der Waals surface area contributed by atoms with Crippen molar-refractivity contribution in [2.75, 3.05) is 26.0 Å². The van der Waals surface area contributed by atoms with Crippen LogP contribution in [0.5, 0.6) is 11.5 Å². The zero-order chi connectivity index (χ0) is 28.9. The summed E-state index contributed by atoms with van der Waals surface area (Å²) in [6, 6.07) is 17.4. The van der Waals surface area contributed by atoms with Gasteiger partial charge in [0.25, 0.3) is 5.91 Å². The molecule has 1 atom stereocenters. The third-order valence-corrected chi connectivity index (χ3v) is 13.5. The van der Waals surface area contributed by atoms with Gasteiger partial charge in [-0.3, -0.25) is 4.79 Å². The van der Waals surface area contributed by atoms with E-state index in [0.717, 1.165) is 18.4 Å². The van der Waals surface area contributed by atoms with Crippen LogP contribution in [0.1, 0.15) is 54.4 Å². The van der Waals surface area contributed by atoms with E-state index in [2.05, 4.69) is 57.5 Å². The van der Waals surface area contributed by atoms with Gasteiger partial charge in [-0.15, -0.1) is 11.3 Å². The molecular weight excluding hydrogens is 537 g/mol. The number of carbonyl (C=O) groups excluding carboxylic acids is 1.